The summed E-state index contributed by atoms with van der Waals surface area (Å²) in [6.07, 6.45) is -4.46. The lowest BCUT2D eigenvalue weighted by atomic mass is 10.2. The Labute approximate surface area is 128 Å². The Hall–Kier alpha value is -2.64. The Morgan fingerprint density at radius 1 is 1.00 bits per heavy atom. The van der Waals surface area contributed by atoms with Crippen molar-refractivity contribution in [2.45, 2.75) is 6.18 Å². The molecule has 0 atom stereocenters. The van der Waals surface area contributed by atoms with Crippen LogP contribution in [0.5, 0.6) is 0 Å². The molecule has 122 valence electrons. The maximum absolute atomic E-state index is 13.3. The molecular weight excluding hydrogens is 319 g/mol. The summed E-state index contributed by atoms with van der Waals surface area (Å²) in [4.78, 5) is 11.7. The maximum atomic E-state index is 13.3. The lowest BCUT2D eigenvalue weighted by Crippen LogP contribution is -2.22. The van der Waals surface area contributed by atoms with Crippen LogP contribution in [0.3, 0.4) is 0 Å². The zero-order chi connectivity index (χ0) is 17.0. The van der Waals surface area contributed by atoms with Crippen LogP contribution in [0.15, 0.2) is 42.5 Å². The molecule has 0 bridgehead atoms. The van der Waals surface area contributed by atoms with Gasteiger partial charge in [0, 0.05) is 5.69 Å². The SMILES string of the molecule is O=C(CNc1cc(F)ccc1F)Nc1ccc(C(F)(F)F)cc1. The van der Waals surface area contributed by atoms with E-state index in [1.807, 2.05) is 0 Å². The standard InChI is InChI=1S/C15H11F5N2O/c16-10-3-6-12(17)13(7-10)21-8-14(23)22-11-4-1-9(2-5-11)15(18,19)20/h1-7,21H,8H2,(H,22,23). The van der Waals surface area contributed by atoms with Crippen LogP contribution in [0.2, 0.25) is 0 Å². The van der Waals surface area contributed by atoms with E-state index in [2.05, 4.69) is 10.6 Å². The summed E-state index contributed by atoms with van der Waals surface area (Å²) in [5.74, 6) is -2.01. The summed E-state index contributed by atoms with van der Waals surface area (Å²) in [7, 11) is 0. The Bertz CT molecular complexity index is 698. The minimum absolute atomic E-state index is 0.157. The molecule has 0 aromatic heterocycles. The van der Waals surface area contributed by atoms with Gasteiger partial charge >= 0.3 is 6.18 Å². The van der Waals surface area contributed by atoms with Crippen LogP contribution in [-0.2, 0) is 11.0 Å². The van der Waals surface area contributed by atoms with Crippen molar-refractivity contribution in [2.24, 2.45) is 0 Å². The smallest absolute Gasteiger partial charge is 0.374 e. The second-order valence-electron chi connectivity index (χ2n) is 4.60. The molecule has 2 aromatic rings. The second-order valence-corrected chi connectivity index (χ2v) is 4.60. The lowest BCUT2D eigenvalue weighted by Gasteiger charge is -2.10. The number of halogens is 5. The van der Waals surface area contributed by atoms with Crippen molar-refractivity contribution in [1.29, 1.82) is 0 Å². The highest BCUT2D eigenvalue weighted by atomic mass is 19.4. The first-order chi connectivity index (χ1) is 10.8. The number of nitrogens with one attached hydrogen (secondary N) is 2. The number of carbonyl (C=O) groups excluding carboxylic acids is 1. The molecular formula is C15H11F5N2O. The highest BCUT2D eigenvalue weighted by molar-refractivity contribution is 5.93. The van der Waals surface area contributed by atoms with E-state index in [1.54, 1.807) is 0 Å². The molecule has 0 heterocycles. The van der Waals surface area contributed by atoms with Gasteiger partial charge in [-0.25, -0.2) is 8.78 Å². The predicted octanol–water partition coefficient (Wildman–Crippen LogP) is 4.03. The van der Waals surface area contributed by atoms with Gasteiger partial charge in [-0.1, -0.05) is 0 Å². The highest BCUT2D eigenvalue weighted by Crippen LogP contribution is 2.29. The van der Waals surface area contributed by atoms with Gasteiger partial charge in [-0.15, -0.1) is 0 Å². The number of amides is 1. The van der Waals surface area contributed by atoms with Crippen molar-refractivity contribution < 1.29 is 26.7 Å². The van der Waals surface area contributed by atoms with Gasteiger partial charge in [0.15, 0.2) is 0 Å². The third-order valence-corrected chi connectivity index (χ3v) is 2.86. The van der Waals surface area contributed by atoms with Crippen molar-refractivity contribution in [3.8, 4) is 0 Å². The summed E-state index contributed by atoms with van der Waals surface area (Å²) >= 11 is 0. The van der Waals surface area contributed by atoms with Gasteiger partial charge in [0.25, 0.3) is 0 Å². The van der Waals surface area contributed by atoms with Gasteiger partial charge in [0.2, 0.25) is 5.91 Å². The molecule has 2 N–H and O–H groups in total. The van der Waals surface area contributed by atoms with Crippen LogP contribution in [0.4, 0.5) is 33.3 Å². The van der Waals surface area contributed by atoms with Crippen molar-refractivity contribution in [3.63, 3.8) is 0 Å². The molecule has 0 saturated heterocycles. The van der Waals surface area contributed by atoms with Crippen LogP contribution in [0.1, 0.15) is 5.56 Å². The molecule has 0 aliphatic carbocycles. The van der Waals surface area contributed by atoms with E-state index in [-0.39, 0.29) is 17.9 Å². The molecule has 0 spiro atoms. The van der Waals surface area contributed by atoms with Crippen molar-refractivity contribution >= 4 is 17.3 Å². The van der Waals surface area contributed by atoms with E-state index in [0.29, 0.717) is 0 Å². The van der Waals surface area contributed by atoms with Crippen molar-refractivity contribution in [1.82, 2.24) is 0 Å². The number of hydrogen-bond acceptors (Lipinski definition) is 2. The Balaban J connectivity index is 1.93. The third-order valence-electron chi connectivity index (χ3n) is 2.86. The molecule has 2 aromatic carbocycles. The molecule has 0 saturated carbocycles. The molecule has 0 radical (unpaired) electrons. The van der Waals surface area contributed by atoms with Gasteiger partial charge in [-0.2, -0.15) is 13.2 Å². The molecule has 0 unspecified atom stereocenters. The number of alkyl halides is 3. The first-order valence-electron chi connectivity index (χ1n) is 6.42. The molecule has 0 aliphatic heterocycles. The van der Waals surface area contributed by atoms with Gasteiger partial charge in [-0.3, -0.25) is 4.79 Å². The van der Waals surface area contributed by atoms with Crippen LogP contribution >= 0.6 is 0 Å². The zero-order valence-corrected chi connectivity index (χ0v) is 11.5. The van der Waals surface area contributed by atoms with Crippen LogP contribution in [-0.4, -0.2) is 12.5 Å². The summed E-state index contributed by atoms with van der Waals surface area (Å²) in [6.45, 7) is -0.374. The minimum Gasteiger partial charge on any atom is -0.374 e. The monoisotopic (exact) mass is 330 g/mol. The highest BCUT2D eigenvalue weighted by Gasteiger charge is 2.29. The van der Waals surface area contributed by atoms with Gasteiger partial charge in [-0.05, 0) is 42.5 Å². The molecule has 1 amide bonds. The Morgan fingerprint density at radius 2 is 1.65 bits per heavy atom. The second kappa shape index (κ2) is 6.64. The summed E-state index contributed by atoms with van der Waals surface area (Å²) < 4.78 is 63.5. The quantitative estimate of drug-likeness (QED) is 0.831. The summed E-state index contributed by atoms with van der Waals surface area (Å²) in [5, 5.41) is 4.74. The average molecular weight is 330 g/mol. The average Bonchev–Trinajstić information content (AvgIpc) is 2.48. The number of anilines is 2. The fourth-order valence-electron chi connectivity index (χ4n) is 1.76. The number of carbonyl (C=O) groups is 1. The molecule has 0 fully saturated rings. The van der Waals surface area contributed by atoms with Gasteiger partial charge in [0.05, 0.1) is 17.8 Å². The Kier molecular flexibility index (Phi) is 4.83. The van der Waals surface area contributed by atoms with Gasteiger partial charge < -0.3 is 10.6 Å². The molecule has 8 heteroatoms. The van der Waals surface area contributed by atoms with Crippen LogP contribution < -0.4 is 10.6 Å². The molecule has 3 nitrogen and oxygen atoms in total. The van der Waals surface area contributed by atoms with E-state index in [1.165, 1.54) is 0 Å². The normalized spacial score (nSPS) is 11.2. The fraction of sp³-hybridized carbons (Fsp3) is 0.133. The van der Waals surface area contributed by atoms with Crippen molar-refractivity contribution in [3.05, 3.63) is 59.7 Å². The number of hydrogen-bond donors (Lipinski definition) is 2. The summed E-state index contributed by atoms with van der Waals surface area (Å²) in [6, 6.07) is 6.59. The first kappa shape index (κ1) is 16.7. The largest absolute Gasteiger partial charge is 0.416 e. The third kappa shape index (κ3) is 4.67. The fourth-order valence-corrected chi connectivity index (χ4v) is 1.76. The summed E-state index contributed by atoms with van der Waals surface area (Å²) in [5.41, 5.74) is -0.868. The van der Waals surface area contributed by atoms with E-state index in [9.17, 15) is 26.7 Å². The number of benzene rings is 2. The molecule has 23 heavy (non-hydrogen) atoms. The minimum atomic E-state index is -4.46. The topological polar surface area (TPSA) is 41.1 Å². The van der Waals surface area contributed by atoms with E-state index < -0.39 is 29.3 Å². The van der Waals surface area contributed by atoms with E-state index in [0.717, 1.165) is 42.5 Å². The predicted molar refractivity (Wildman–Crippen MR) is 74.9 cm³/mol. The number of rotatable bonds is 4. The maximum Gasteiger partial charge on any atom is 0.416 e. The van der Waals surface area contributed by atoms with E-state index >= 15 is 0 Å². The van der Waals surface area contributed by atoms with Crippen LogP contribution in [0, 0.1) is 11.6 Å². The zero-order valence-electron chi connectivity index (χ0n) is 11.5. The van der Waals surface area contributed by atoms with E-state index in [4.69, 9.17) is 0 Å². The lowest BCUT2D eigenvalue weighted by molar-refractivity contribution is -0.137. The van der Waals surface area contributed by atoms with Crippen LogP contribution in [0.25, 0.3) is 0 Å². The molecule has 2 rings (SSSR count). The Morgan fingerprint density at radius 3 is 2.26 bits per heavy atom. The first-order valence-corrected chi connectivity index (χ1v) is 6.42. The molecule has 0 aliphatic rings. The van der Waals surface area contributed by atoms with Crippen molar-refractivity contribution in [2.75, 3.05) is 17.2 Å². The van der Waals surface area contributed by atoms with Gasteiger partial charge in [0.1, 0.15) is 11.6 Å².